The second-order valence-corrected chi connectivity index (χ2v) is 4.56. The molecule has 0 unspecified atom stereocenters. The van der Waals surface area contributed by atoms with Gasteiger partial charge in [0.1, 0.15) is 0 Å². The fraction of sp³-hybridized carbons (Fsp3) is 0.286. The van der Waals surface area contributed by atoms with E-state index in [1.807, 2.05) is 30.3 Å². The van der Waals surface area contributed by atoms with Gasteiger partial charge in [-0.1, -0.05) is 41.9 Å². The summed E-state index contributed by atoms with van der Waals surface area (Å²) in [7, 11) is 0. The minimum absolute atomic E-state index is 0.202. The number of aromatic nitrogens is 2. The lowest BCUT2D eigenvalue weighted by Gasteiger charge is -2.07. The van der Waals surface area contributed by atoms with Crippen molar-refractivity contribution < 1.29 is 5.11 Å². The first-order valence-corrected chi connectivity index (χ1v) is 6.62. The molecule has 4 nitrogen and oxygen atoms in total. The van der Waals surface area contributed by atoms with E-state index in [-0.39, 0.29) is 6.61 Å². The van der Waals surface area contributed by atoms with Crippen LogP contribution in [0.25, 0.3) is 11.3 Å². The lowest BCUT2D eigenvalue weighted by molar-refractivity contribution is 0.286. The van der Waals surface area contributed by atoms with Crippen LogP contribution in [0.2, 0.25) is 5.02 Å². The minimum atomic E-state index is 0.202. The minimum Gasteiger partial charge on any atom is -0.396 e. The smallest absolute Gasteiger partial charge is 0.167 e. The first-order chi connectivity index (χ1) is 9.31. The quantitative estimate of drug-likeness (QED) is 0.797. The standard InChI is InChI=1S/C14H16ClN3O/c15-12-10-13(11-6-2-1-3-7-11)17-18-14(12)16-8-4-5-9-19/h1-3,6-7,10,19H,4-5,8-9H2,(H,16,18). The van der Waals surface area contributed by atoms with E-state index in [1.165, 1.54) is 0 Å². The predicted octanol–water partition coefficient (Wildman–Crippen LogP) is 2.98. The molecule has 0 radical (unpaired) electrons. The molecule has 0 saturated carbocycles. The predicted molar refractivity (Wildman–Crippen MR) is 77.3 cm³/mol. The third kappa shape index (κ3) is 3.91. The van der Waals surface area contributed by atoms with Crippen LogP contribution in [0.15, 0.2) is 36.4 Å². The molecule has 2 rings (SSSR count). The zero-order chi connectivity index (χ0) is 13.5. The number of nitrogens with zero attached hydrogens (tertiary/aromatic N) is 2. The van der Waals surface area contributed by atoms with Gasteiger partial charge in [0.25, 0.3) is 0 Å². The third-order valence-corrected chi connectivity index (χ3v) is 2.98. The summed E-state index contributed by atoms with van der Waals surface area (Å²) in [6.45, 7) is 0.924. The van der Waals surface area contributed by atoms with Gasteiger partial charge in [-0.2, -0.15) is 0 Å². The largest absolute Gasteiger partial charge is 0.396 e. The second kappa shape index (κ2) is 7.07. The van der Waals surface area contributed by atoms with Crippen molar-refractivity contribution in [3.63, 3.8) is 0 Å². The number of unbranched alkanes of at least 4 members (excludes halogenated alkanes) is 1. The highest BCUT2D eigenvalue weighted by atomic mass is 35.5. The molecule has 2 N–H and O–H groups in total. The maximum Gasteiger partial charge on any atom is 0.167 e. The van der Waals surface area contributed by atoms with E-state index < -0.39 is 0 Å². The highest BCUT2D eigenvalue weighted by molar-refractivity contribution is 6.33. The molecule has 5 heteroatoms. The average Bonchev–Trinajstić information content (AvgIpc) is 2.46. The molecule has 0 fully saturated rings. The van der Waals surface area contributed by atoms with Gasteiger partial charge in [-0.05, 0) is 18.9 Å². The van der Waals surface area contributed by atoms with Gasteiger partial charge in [0.15, 0.2) is 5.82 Å². The van der Waals surface area contributed by atoms with Crippen molar-refractivity contribution in [3.8, 4) is 11.3 Å². The number of aliphatic hydroxyl groups is 1. The summed E-state index contributed by atoms with van der Waals surface area (Å²) in [4.78, 5) is 0. The van der Waals surface area contributed by atoms with E-state index in [2.05, 4.69) is 15.5 Å². The third-order valence-electron chi connectivity index (χ3n) is 2.69. The lowest BCUT2D eigenvalue weighted by Crippen LogP contribution is -2.06. The van der Waals surface area contributed by atoms with E-state index in [4.69, 9.17) is 16.7 Å². The molecular weight excluding hydrogens is 262 g/mol. The number of halogens is 1. The zero-order valence-corrected chi connectivity index (χ0v) is 11.3. The van der Waals surface area contributed by atoms with E-state index in [1.54, 1.807) is 6.07 Å². The number of hydrogen-bond acceptors (Lipinski definition) is 4. The Hall–Kier alpha value is -1.65. The zero-order valence-electron chi connectivity index (χ0n) is 10.5. The molecule has 0 aliphatic rings. The van der Waals surface area contributed by atoms with Crippen LogP contribution in [-0.4, -0.2) is 28.5 Å². The van der Waals surface area contributed by atoms with Crippen LogP contribution in [-0.2, 0) is 0 Å². The Bertz CT molecular complexity index is 519. The number of aliphatic hydroxyl groups excluding tert-OH is 1. The summed E-state index contributed by atoms with van der Waals surface area (Å²) < 4.78 is 0. The molecule has 0 bridgehead atoms. The number of rotatable bonds is 6. The van der Waals surface area contributed by atoms with Crippen LogP contribution in [0.1, 0.15) is 12.8 Å². The van der Waals surface area contributed by atoms with Gasteiger partial charge in [0.05, 0.1) is 10.7 Å². The van der Waals surface area contributed by atoms with Crippen molar-refractivity contribution in [3.05, 3.63) is 41.4 Å². The molecule has 0 amide bonds. The van der Waals surface area contributed by atoms with Crippen molar-refractivity contribution >= 4 is 17.4 Å². The summed E-state index contributed by atoms with van der Waals surface area (Å²) in [5, 5.41) is 20.6. The Morgan fingerprint density at radius 1 is 1.11 bits per heavy atom. The van der Waals surface area contributed by atoms with Crippen LogP contribution < -0.4 is 5.32 Å². The molecule has 1 heterocycles. The van der Waals surface area contributed by atoms with Crippen molar-refractivity contribution in [1.82, 2.24) is 10.2 Å². The Kier molecular flexibility index (Phi) is 5.12. The molecule has 0 atom stereocenters. The fourth-order valence-electron chi connectivity index (χ4n) is 1.68. The normalized spacial score (nSPS) is 10.4. The maximum absolute atomic E-state index is 8.70. The van der Waals surface area contributed by atoms with Crippen molar-refractivity contribution in [2.24, 2.45) is 0 Å². The molecule has 2 aromatic rings. The fourth-order valence-corrected chi connectivity index (χ4v) is 1.89. The van der Waals surface area contributed by atoms with E-state index in [0.29, 0.717) is 10.8 Å². The van der Waals surface area contributed by atoms with Crippen LogP contribution in [0.5, 0.6) is 0 Å². The molecule has 0 aliphatic carbocycles. The summed E-state index contributed by atoms with van der Waals surface area (Å²) in [6, 6.07) is 11.6. The molecule has 0 aliphatic heterocycles. The summed E-state index contributed by atoms with van der Waals surface area (Å²) in [5.74, 6) is 0.583. The van der Waals surface area contributed by atoms with Crippen LogP contribution in [0.3, 0.4) is 0 Å². The van der Waals surface area contributed by atoms with Crippen molar-refractivity contribution in [2.75, 3.05) is 18.5 Å². The molecule has 1 aromatic carbocycles. The second-order valence-electron chi connectivity index (χ2n) is 4.15. The molecular formula is C14H16ClN3O. The van der Waals surface area contributed by atoms with E-state index >= 15 is 0 Å². The van der Waals surface area contributed by atoms with E-state index in [9.17, 15) is 0 Å². The summed E-state index contributed by atoms with van der Waals surface area (Å²) >= 11 is 6.18. The van der Waals surface area contributed by atoms with Crippen molar-refractivity contribution in [1.29, 1.82) is 0 Å². The van der Waals surface area contributed by atoms with Gasteiger partial charge in [0, 0.05) is 18.7 Å². The first kappa shape index (κ1) is 13.8. The lowest BCUT2D eigenvalue weighted by atomic mass is 10.1. The van der Waals surface area contributed by atoms with Gasteiger partial charge in [-0.25, -0.2) is 0 Å². The number of hydrogen-bond donors (Lipinski definition) is 2. The highest BCUT2D eigenvalue weighted by Gasteiger charge is 2.06. The summed E-state index contributed by atoms with van der Waals surface area (Å²) in [6.07, 6.45) is 1.63. The Morgan fingerprint density at radius 2 is 1.89 bits per heavy atom. The van der Waals surface area contributed by atoms with Crippen LogP contribution in [0, 0.1) is 0 Å². The van der Waals surface area contributed by atoms with E-state index in [0.717, 1.165) is 30.6 Å². The number of nitrogens with one attached hydrogen (secondary N) is 1. The SMILES string of the molecule is OCCCCNc1nnc(-c2ccccc2)cc1Cl. The Labute approximate surface area is 117 Å². The Balaban J connectivity index is 2.05. The average molecular weight is 278 g/mol. The molecule has 1 aromatic heterocycles. The number of benzene rings is 1. The highest BCUT2D eigenvalue weighted by Crippen LogP contribution is 2.24. The molecule has 0 spiro atoms. The first-order valence-electron chi connectivity index (χ1n) is 6.24. The molecule has 100 valence electrons. The van der Waals surface area contributed by atoms with Crippen molar-refractivity contribution in [2.45, 2.75) is 12.8 Å². The van der Waals surface area contributed by atoms with Gasteiger partial charge in [-0.3, -0.25) is 0 Å². The van der Waals surface area contributed by atoms with Gasteiger partial charge >= 0.3 is 0 Å². The van der Waals surface area contributed by atoms with Crippen LogP contribution in [0.4, 0.5) is 5.82 Å². The Morgan fingerprint density at radius 3 is 2.58 bits per heavy atom. The topological polar surface area (TPSA) is 58.0 Å². The van der Waals surface area contributed by atoms with Gasteiger partial charge < -0.3 is 10.4 Å². The van der Waals surface area contributed by atoms with Gasteiger partial charge in [-0.15, -0.1) is 10.2 Å². The molecule has 19 heavy (non-hydrogen) atoms. The summed E-state index contributed by atoms with van der Waals surface area (Å²) in [5.41, 5.74) is 1.75. The van der Waals surface area contributed by atoms with Gasteiger partial charge in [0.2, 0.25) is 0 Å². The van der Waals surface area contributed by atoms with Crippen LogP contribution >= 0.6 is 11.6 Å². The molecule has 0 saturated heterocycles. The number of anilines is 1. The monoisotopic (exact) mass is 277 g/mol. The maximum atomic E-state index is 8.70.